The van der Waals surface area contributed by atoms with E-state index in [0.29, 0.717) is 12.2 Å². The summed E-state index contributed by atoms with van der Waals surface area (Å²) in [5.41, 5.74) is 4.22. The summed E-state index contributed by atoms with van der Waals surface area (Å²) in [5.74, 6) is -0.259. The Balaban J connectivity index is 1.81. The van der Waals surface area contributed by atoms with Crippen molar-refractivity contribution in [2.75, 3.05) is 5.32 Å². The average molecular weight is 335 g/mol. The lowest BCUT2D eigenvalue weighted by Gasteiger charge is -2.15. The van der Waals surface area contributed by atoms with Gasteiger partial charge in [0.15, 0.2) is 5.82 Å². The minimum absolute atomic E-state index is 0.145. The number of carbonyl (C=O) groups excluding carboxylic acids is 1. The second-order valence-corrected chi connectivity index (χ2v) is 5.99. The van der Waals surface area contributed by atoms with Crippen LogP contribution in [-0.4, -0.2) is 26.5 Å². The summed E-state index contributed by atoms with van der Waals surface area (Å²) in [6.45, 7) is 4.13. The quantitative estimate of drug-likeness (QED) is 0.725. The van der Waals surface area contributed by atoms with E-state index >= 15 is 0 Å². The summed E-state index contributed by atoms with van der Waals surface area (Å²) < 4.78 is 0. The van der Waals surface area contributed by atoms with Gasteiger partial charge in [-0.2, -0.15) is 5.21 Å². The van der Waals surface area contributed by atoms with Gasteiger partial charge in [-0.1, -0.05) is 48.5 Å². The predicted octanol–water partition coefficient (Wildman–Crippen LogP) is 3.04. The molecule has 3 aromatic rings. The number of aryl methyl sites for hydroxylation is 2. The van der Waals surface area contributed by atoms with Crippen LogP contribution >= 0.6 is 0 Å². The highest BCUT2D eigenvalue weighted by Crippen LogP contribution is 2.22. The molecule has 1 heterocycles. The number of hydrogen-bond donors (Lipinski definition) is 2. The van der Waals surface area contributed by atoms with Gasteiger partial charge in [0.05, 0.1) is 0 Å². The number of anilines is 1. The molecule has 0 aliphatic rings. The molecule has 2 N–H and O–H groups in total. The highest BCUT2D eigenvalue weighted by atomic mass is 16.1. The molecule has 0 saturated heterocycles. The van der Waals surface area contributed by atoms with Gasteiger partial charge >= 0.3 is 0 Å². The second kappa shape index (κ2) is 7.70. The van der Waals surface area contributed by atoms with E-state index in [9.17, 15) is 4.79 Å². The number of amides is 1. The molecule has 3 rings (SSSR count). The van der Waals surface area contributed by atoms with Crippen LogP contribution in [0.5, 0.6) is 0 Å². The van der Waals surface area contributed by atoms with Crippen molar-refractivity contribution in [3.8, 4) is 0 Å². The van der Waals surface area contributed by atoms with Gasteiger partial charge < -0.3 is 5.32 Å². The third kappa shape index (κ3) is 4.09. The molecular weight excluding hydrogens is 314 g/mol. The molecule has 6 heteroatoms. The number of nitrogens with zero attached hydrogens (tertiary/aromatic N) is 3. The number of H-pyrrole nitrogens is 1. The molecule has 6 nitrogen and oxygen atoms in total. The van der Waals surface area contributed by atoms with Crippen LogP contribution in [0.3, 0.4) is 0 Å². The first-order valence-corrected chi connectivity index (χ1v) is 8.35. The van der Waals surface area contributed by atoms with Crippen LogP contribution in [0, 0.1) is 6.92 Å². The number of hydrogen-bond acceptors (Lipinski definition) is 4. The number of carbonyl (C=O) groups is 1. The van der Waals surface area contributed by atoms with Crippen molar-refractivity contribution in [1.82, 2.24) is 20.6 Å². The smallest absolute Gasteiger partial charge is 0.235 e. The third-order valence-electron chi connectivity index (χ3n) is 4.30. The standard InChI is InChI=1S/C19H21N5O/c1-3-14-8-10-16(11-9-14)20-19(25)17(18-21-23-24-22-18)12-15-7-5-4-6-13(15)2/h4-11,17H,3,12H2,1-2H3,(H,20,25)(H,21,22,23,24)/t17-/m1/s1. The Bertz CT molecular complexity index is 827. The number of aromatic amines is 1. The van der Waals surface area contributed by atoms with Crippen LogP contribution < -0.4 is 5.32 Å². The largest absolute Gasteiger partial charge is 0.325 e. The first-order chi connectivity index (χ1) is 12.2. The minimum atomic E-state index is -0.509. The third-order valence-corrected chi connectivity index (χ3v) is 4.30. The lowest BCUT2D eigenvalue weighted by molar-refractivity contribution is -0.117. The minimum Gasteiger partial charge on any atom is -0.325 e. The van der Waals surface area contributed by atoms with E-state index in [1.54, 1.807) is 0 Å². The Labute approximate surface area is 146 Å². The fraction of sp³-hybridized carbons (Fsp3) is 0.263. The number of tetrazole rings is 1. The summed E-state index contributed by atoms with van der Waals surface area (Å²) in [6.07, 6.45) is 1.48. The zero-order valence-corrected chi connectivity index (χ0v) is 14.4. The molecule has 0 fully saturated rings. The Hall–Kier alpha value is -3.02. The molecule has 0 saturated carbocycles. The maximum absolute atomic E-state index is 12.8. The molecule has 128 valence electrons. The summed E-state index contributed by atoms with van der Waals surface area (Å²) >= 11 is 0. The van der Waals surface area contributed by atoms with Crippen molar-refractivity contribution in [2.45, 2.75) is 32.6 Å². The second-order valence-electron chi connectivity index (χ2n) is 5.99. The molecule has 0 aliphatic carbocycles. The zero-order valence-electron chi connectivity index (χ0n) is 14.4. The van der Waals surface area contributed by atoms with Gasteiger partial charge in [0.2, 0.25) is 5.91 Å². The van der Waals surface area contributed by atoms with E-state index < -0.39 is 5.92 Å². The molecule has 0 spiro atoms. The Morgan fingerprint density at radius 3 is 2.56 bits per heavy atom. The Kier molecular flexibility index (Phi) is 5.18. The van der Waals surface area contributed by atoms with Crippen LogP contribution in [0.1, 0.15) is 35.4 Å². The Morgan fingerprint density at radius 1 is 1.16 bits per heavy atom. The van der Waals surface area contributed by atoms with E-state index in [2.05, 4.69) is 32.9 Å². The number of aromatic nitrogens is 4. The molecular formula is C19H21N5O. The molecule has 1 amide bonds. The van der Waals surface area contributed by atoms with Crippen molar-refractivity contribution in [2.24, 2.45) is 0 Å². The fourth-order valence-corrected chi connectivity index (χ4v) is 2.73. The van der Waals surface area contributed by atoms with Gasteiger partial charge in [-0.05, 0) is 48.6 Å². The molecule has 0 aliphatic heterocycles. The lowest BCUT2D eigenvalue weighted by Crippen LogP contribution is -2.24. The van der Waals surface area contributed by atoms with E-state index in [0.717, 1.165) is 23.2 Å². The van der Waals surface area contributed by atoms with Crippen LogP contribution in [-0.2, 0) is 17.6 Å². The van der Waals surface area contributed by atoms with Gasteiger partial charge in [-0.15, -0.1) is 10.2 Å². The monoisotopic (exact) mass is 335 g/mol. The lowest BCUT2D eigenvalue weighted by atomic mass is 9.94. The van der Waals surface area contributed by atoms with Crippen LogP contribution in [0.4, 0.5) is 5.69 Å². The zero-order chi connectivity index (χ0) is 17.6. The topological polar surface area (TPSA) is 83.6 Å². The molecule has 1 aromatic heterocycles. The summed E-state index contributed by atoms with van der Waals surface area (Å²) in [5, 5.41) is 17.0. The van der Waals surface area contributed by atoms with Crippen LogP contribution in [0.25, 0.3) is 0 Å². The highest BCUT2D eigenvalue weighted by Gasteiger charge is 2.26. The summed E-state index contributed by atoms with van der Waals surface area (Å²) in [7, 11) is 0. The first kappa shape index (κ1) is 16.8. The molecule has 0 unspecified atom stereocenters. The van der Waals surface area contributed by atoms with E-state index in [-0.39, 0.29) is 5.91 Å². The molecule has 1 atom stereocenters. The van der Waals surface area contributed by atoms with Crippen LogP contribution in [0.15, 0.2) is 48.5 Å². The van der Waals surface area contributed by atoms with Crippen molar-refractivity contribution in [3.63, 3.8) is 0 Å². The van der Waals surface area contributed by atoms with E-state index in [1.165, 1.54) is 5.56 Å². The summed E-state index contributed by atoms with van der Waals surface area (Å²) in [4.78, 5) is 12.8. The van der Waals surface area contributed by atoms with Gasteiger partial charge in [0.1, 0.15) is 5.92 Å². The average Bonchev–Trinajstić information content (AvgIpc) is 3.16. The molecule has 0 radical (unpaired) electrons. The summed E-state index contributed by atoms with van der Waals surface area (Å²) in [6, 6.07) is 15.9. The molecule has 2 aromatic carbocycles. The molecule has 25 heavy (non-hydrogen) atoms. The number of benzene rings is 2. The first-order valence-electron chi connectivity index (χ1n) is 8.35. The van der Waals surface area contributed by atoms with E-state index in [4.69, 9.17) is 0 Å². The predicted molar refractivity (Wildman–Crippen MR) is 96.3 cm³/mol. The van der Waals surface area contributed by atoms with E-state index in [1.807, 2.05) is 55.5 Å². The number of rotatable bonds is 6. The maximum atomic E-state index is 12.8. The SMILES string of the molecule is CCc1ccc(NC(=O)[C@H](Cc2ccccc2C)c2nn[nH]n2)cc1. The van der Waals surface area contributed by atoms with Crippen molar-refractivity contribution >= 4 is 11.6 Å². The fourth-order valence-electron chi connectivity index (χ4n) is 2.73. The van der Waals surface area contributed by atoms with Crippen molar-refractivity contribution < 1.29 is 4.79 Å². The molecule has 0 bridgehead atoms. The normalized spacial score (nSPS) is 11.9. The van der Waals surface area contributed by atoms with Gasteiger partial charge in [-0.25, -0.2) is 0 Å². The van der Waals surface area contributed by atoms with Gasteiger partial charge in [-0.3, -0.25) is 4.79 Å². The number of nitrogens with one attached hydrogen (secondary N) is 2. The van der Waals surface area contributed by atoms with Crippen molar-refractivity contribution in [3.05, 3.63) is 71.0 Å². The highest BCUT2D eigenvalue weighted by molar-refractivity contribution is 5.95. The van der Waals surface area contributed by atoms with Gasteiger partial charge in [0.25, 0.3) is 0 Å². The van der Waals surface area contributed by atoms with Gasteiger partial charge in [0, 0.05) is 5.69 Å². The van der Waals surface area contributed by atoms with Crippen molar-refractivity contribution in [1.29, 1.82) is 0 Å². The van der Waals surface area contributed by atoms with Crippen LogP contribution in [0.2, 0.25) is 0 Å². The maximum Gasteiger partial charge on any atom is 0.235 e. The Morgan fingerprint density at radius 2 is 1.92 bits per heavy atom.